The van der Waals surface area contributed by atoms with Gasteiger partial charge in [0, 0.05) is 12.5 Å². The lowest BCUT2D eigenvalue weighted by atomic mass is 10.2. The highest BCUT2D eigenvalue weighted by Crippen LogP contribution is 2.19. The maximum Gasteiger partial charge on any atom is 0.178 e. The molecule has 0 unspecified atom stereocenters. The number of nitrogens with two attached hydrogens (primary N) is 1. The summed E-state index contributed by atoms with van der Waals surface area (Å²) in [7, 11) is -3.31. The summed E-state index contributed by atoms with van der Waals surface area (Å²) in [5.74, 6) is 0. The maximum absolute atomic E-state index is 11.3. The molecule has 1 aromatic carbocycles. The van der Waals surface area contributed by atoms with Crippen LogP contribution >= 0.6 is 0 Å². The van der Waals surface area contributed by atoms with E-state index >= 15 is 0 Å². The van der Waals surface area contributed by atoms with Crippen molar-refractivity contribution in [3.05, 3.63) is 36.2 Å². The van der Waals surface area contributed by atoms with Gasteiger partial charge in [-0.25, -0.2) is 13.1 Å². The zero-order valence-electron chi connectivity index (χ0n) is 9.53. The summed E-state index contributed by atoms with van der Waals surface area (Å²) in [6.07, 6.45) is 3.71. The van der Waals surface area contributed by atoms with E-state index in [4.69, 9.17) is 11.0 Å². The quantitative estimate of drug-likeness (QED) is 0.804. The van der Waals surface area contributed by atoms with Gasteiger partial charge in [0.25, 0.3) is 0 Å². The van der Waals surface area contributed by atoms with E-state index in [9.17, 15) is 8.42 Å². The van der Waals surface area contributed by atoms with Crippen molar-refractivity contribution in [2.24, 2.45) is 0 Å². The predicted molar refractivity (Wildman–Crippen MR) is 65.8 cm³/mol. The molecule has 0 amide bonds. The van der Waals surface area contributed by atoms with Gasteiger partial charge in [-0.2, -0.15) is 10.4 Å². The number of nitrogens with zero attached hydrogens (tertiary/aromatic N) is 3. The summed E-state index contributed by atoms with van der Waals surface area (Å²) in [6, 6.07) is 6.70. The molecule has 0 aliphatic heterocycles. The number of rotatable bonds is 2. The molecule has 1 aromatic heterocycles. The molecule has 92 valence electrons. The van der Waals surface area contributed by atoms with Crippen LogP contribution in [0.4, 0.5) is 5.69 Å². The molecular weight excluding hydrogens is 252 g/mol. The standard InChI is InChI=1S/C11H10N4O2S/c1-18(16,17)9-6-14-15(7-9)11-4-8(5-12)2-3-10(11)13/h2-4,6-7H,13H2,1H3. The molecule has 0 aliphatic rings. The number of nitriles is 1. The molecular formula is C11H10N4O2S. The molecule has 0 fully saturated rings. The SMILES string of the molecule is CS(=O)(=O)c1cnn(-c2cc(C#N)ccc2N)c1. The third kappa shape index (κ3) is 2.19. The van der Waals surface area contributed by atoms with Crippen molar-refractivity contribution in [3.63, 3.8) is 0 Å². The Bertz CT molecular complexity index is 741. The van der Waals surface area contributed by atoms with Gasteiger partial charge in [-0.05, 0) is 18.2 Å². The summed E-state index contributed by atoms with van der Waals surface area (Å²) in [6.45, 7) is 0. The van der Waals surface area contributed by atoms with E-state index in [-0.39, 0.29) is 4.90 Å². The molecule has 0 aliphatic carbocycles. The number of anilines is 1. The maximum atomic E-state index is 11.3. The van der Waals surface area contributed by atoms with E-state index in [2.05, 4.69) is 5.10 Å². The number of hydrogen-bond acceptors (Lipinski definition) is 5. The molecule has 0 radical (unpaired) electrons. The normalized spacial score (nSPS) is 11.1. The van der Waals surface area contributed by atoms with Crippen molar-refractivity contribution >= 4 is 15.5 Å². The Hall–Kier alpha value is -2.33. The first-order valence-electron chi connectivity index (χ1n) is 4.96. The van der Waals surface area contributed by atoms with Crippen LogP contribution < -0.4 is 5.73 Å². The summed E-state index contributed by atoms with van der Waals surface area (Å²) in [4.78, 5) is 0.101. The fourth-order valence-electron chi connectivity index (χ4n) is 1.44. The number of benzene rings is 1. The summed E-state index contributed by atoms with van der Waals surface area (Å²) >= 11 is 0. The average molecular weight is 262 g/mol. The zero-order chi connectivity index (χ0) is 13.3. The first-order chi connectivity index (χ1) is 8.41. The van der Waals surface area contributed by atoms with Gasteiger partial charge in [-0.15, -0.1) is 0 Å². The van der Waals surface area contributed by atoms with E-state index in [1.165, 1.54) is 17.1 Å². The fourth-order valence-corrected chi connectivity index (χ4v) is 1.97. The van der Waals surface area contributed by atoms with Crippen LogP contribution in [0.3, 0.4) is 0 Å². The van der Waals surface area contributed by atoms with Crippen LogP contribution in [0.2, 0.25) is 0 Å². The monoisotopic (exact) mass is 262 g/mol. The van der Waals surface area contributed by atoms with Gasteiger partial charge in [-0.3, -0.25) is 0 Å². The van der Waals surface area contributed by atoms with Gasteiger partial charge in [0.15, 0.2) is 9.84 Å². The van der Waals surface area contributed by atoms with Crippen molar-refractivity contribution in [3.8, 4) is 11.8 Å². The van der Waals surface area contributed by atoms with E-state index in [1.54, 1.807) is 18.2 Å². The Morgan fingerprint density at radius 1 is 1.44 bits per heavy atom. The Balaban J connectivity index is 2.56. The highest BCUT2D eigenvalue weighted by molar-refractivity contribution is 7.90. The minimum absolute atomic E-state index is 0.101. The molecule has 0 saturated carbocycles. The van der Waals surface area contributed by atoms with E-state index in [1.807, 2.05) is 6.07 Å². The van der Waals surface area contributed by atoms with Gasteiger partial charge >= 0.3 is 0 Å². The summed E-state index contributed by atoms with van der Waals surface area (Å²) in [5, 5.41) is 12.8. The van der Waals surface area contributed by atoms with E-state index < -0.39 is 9.84 Å². The van der Waals surface area contributed by atoms with Gasteiger partial charge in [0.2, 0.25) is 0 Å². The third-order valence-corrected chi connectivity index (χ3v) is 3.46. The molecule has 18 heavy (non-hydrogen) atoms. The Labute approximate surface area is 104 Å². The first kappa shape index (κ1) is 12.1. The molecule has 7 heteroatoms. The molecule has 2 aromatic rings. The van der Waals surface area contributed by atoms with Crippen LogP contribution in [0.1, 0.15) is 5.56 Å². The molecule has 6 nitrogen and oxygen atoms in total. The second-order valence-electron chi connectivity index (χ2n) is 3.78. The van der Waals surface area contributed by atoms with Crippen molar-refractivity contribution < 1.29 is 8.42 Å². The number of nitrogen functional groups attached to an aromatic ring is 1. The van der Waals surface area contributed by atoms with Gasteiger partial charge in [0.05, 0.1) is 29.2 Å². The number of sulfone groups is 1. The molecule has 0 bridgehead atoms. The van der Waals surface area contributed by atoms with Crippen molar-refractivity contribution in [1.82, 2.24) is 9.78 Å². The molecule has 0 saturated heterocycles. The number of hydrogen-bond donors (Lipinski definition) is 1. The van der Waals surface area contributed by atoms with Crippen molar-refractivity contribution in [1.29, 1.82) is 5.26 Å². The third-order valence-electron chi connectivity index (χ3n) is 2.39. The summed E-state index contributed by atoms with van der Waals surface area (Å²) < 4.78 is 24.0. The second-order valence-corrected chi connectivity index (χ2v) is 5.79. The van der Waals surface area contributed by atoms with E-state index in [0.717, 1.165) is 6.26 Å². The molecule has 2 N–H and O–H groups in total. The second kappa shape index (κ2) is 4.16. The van der Waals surface area contributed by atoms with Gasteiger partial charge < -0.3 is 5.73 Å². The lowest BCUT2D eigenvalue weighted by Gasteiger charge is -2.05. The van der Waals surface area contributed by atoms with Gasteiger partial charge in [0.1, 0.15) is 4.90 Å². The number of aromatic nitrogens is 2. The van der Waals surface area contributed by atoms with Crippen molar-refractivity contribution in [2.45, 2.75) is 4.90 Å². The van der Waals surface area contributed by atoms with Crippen LogP contribution in [0, 0.1) is 11.3 Å². The van der Waals surface area contributed by atoms with Crippen molar-refractivity contribution in [2.75, 3.05) is 12.0 Å². The Morgan fingerprint density at radius 3 is 2.72 bits per heavy atom. The largest absolute Gasteiger partial charge is 0.397 e. The predicted octanol–water partition coefficient (Wildman–Crippen LogP) is 0.730. The summed E-state index contributed by atoms with van der Waals surface area (Å²) in [5.41, 5.74) is 7.09. The smallest absolute Gasteiger partial charge is 0.178 e. The van der Waals surface area contributed by atoms with Crippen LogP contribution in [0.15, 0.2) is 35.5 Å². The van der Waals surface area contributed by atoms with Gasteiger partial charge in [-0.1, -0.05) is 0 Å². The van der Waals surface area contributed by atoms with Crippen LogP contribution in [-0.2, 0) is 9.84 Å². The molecule has 0 atom stereocenters. The zero-order valence-corrected chi connectivity index (χ0v) is 10.3. The highest BCUT2D eigenvalue weighted by Gasteiger charge is 2.12. The Morgan fingerprint density at radius 2 is 2.17 bits per heavy atom. The van der Waals surface area contributed by atoms with Crippen LogP contribution in [0.5, 0.6) is 0 Å². The fraction of sp³-hybridized carbons (Fsp3) is 0.0909. The van der Waals surface area contributed by atoms with Crippen LogP contribution in [0.25, 0.3) is 5.69 Å². The topological polar surface area (TPSA) is 102 Å². The van der Waals surface area contributed by atoms with E-state index in [0.29, 0.717) is 16.9 Å². The highest BCUT2D eigenvalue weighted by atomic mass is 32.2. The van der Waals surface area contributed by atoms with Crippen LogP contribution in [-0.4, -0.2) is 24.5 Å². The Kier molecular flexibility index (Phi) is 2.80. The lowest BCUT2D eigenvalue weighted by molar-refractivity contribution is 0.602. The lowest BCUT2D eigenvalue weighted by Crippen LogP contribution is -2.01. The minimum Gasteiger partial charge on any atom is -0.397 e. The molecule has 1 heterocycles. The first-order valence-corrected chi connectivity index (χ1v) is 6.85. The molecule has 2 rings (SSSR count). The molecule has 0 spiro atoms. The minimum atomic E-state index is -3.31. The average Bonchev–Trinajstić information content (AvgIpc) is 2.78.